The van der Waals surface area contributed by atoms with Gasteiger partial charge in [-0.1, -0.05) is 265 Å². The molecule has 2 atom stereocenters. The highest BCUT2D eigenvalue weighted by molar-refractivity contribution is 7.47. The molecule has 0 amide bonds. The summed E-state index contributed by atoms with van der Waals surface area (Å²) in [4.78, 5) is 35.2. The molecular weight excluding hydrogens is 966 g/mol. The fourth-order valence-electron chi connectivity index (χ4n) is 8.61. The van der Waals surface area contributed by atoms with Crippen LogP contribution in [0.4, 0.5) is 0 Å². The van der Waals surface area contributed by atoms with Crippen LogP contribution in [0.1, 0.15) is 277 Å². The van der Waals surface area contributed by atoms with Crippen molar-refractivity contribution < 1.29 is 37.6 Å². The highest BCUT2D eigenvalue weighted by atomic mass is 31.2. The van der Waals surface area contributed by atoms with Crippen LogP contribution in [0.2, 0.25) is 0 Å². The average molecular weight is 1080 g/mol. The Morgan fingerprint density at radius 3 is 1.09 bits per heavy atom. The summed E-state index contributed by atoms with van der Waals surface area (Å²) in [5, 5.41) is 0. The second-order valence-electron chi connectivity index (χ2n) is 20.5. The molecule has 0 aromatic heterocycles. The van der Waals surface area contributed by atoms with Crippen LogP contribution in [0, 0.1) is 0 Å². The zero-order valence-electron chi connectivity index (χ0n) is 49.0. The molecule has 0 saturated heterocycles. The van der Waals surface area contributed by atoms with Crippen LogP contribution < -0.4 is 5.73 Å². The molecular formula is C66H116NO8P. The number of carbonyl (C=O) groups is 2. The van der Waals surface area contributed by atoms with Crippen LogP contribution in [0.25, 0.3) is 0 Å². The van der Waals surface area contributed by atoms with Gasteiger partial charge in [0.25, 0.3) is 0 Å². The minimum Gasteiger partial charge on any atom is -0.462 e. The van der Waals surface area contributed by atoms with Gasteiger partial charge >= 0.3 is 19.8 Å². The zero-order valence-corrected chi connectivity index (χ0v) is 49.9. The van der Waals surface area contributed by atoms with Crippen molar-refractivity contribution in [1.29, 1.82) is 0 Å². The minimum absolute atomic E-state index is 0.0506. The van der Waals surface area contributed by atoms with E-state index in [0.717, 1.165) is 103 Å². The number of allylic oxidation sites excluding steroid dienone is 16. The van der Waals surface area contributed by atoms with E-state index in [1.807, 2.05) is 0 Å². The van der Waals surface area contributed by atoms with E-state index in [-0.39, 0.29) is 38.6 Å². The minimum atomic E-state index is -4.39. The van der Waals surface area contributed by atoms with Gasteiger partial charge in [-0.2, -0.15) is 0 Å². The van der Waals surface area contributed by atoms with E-state index in [9.17, 15) is 19.0 Å². The van der Waals surface area contributed by atoms with Gasteiger partial charge in [0.2, 0.25) is 0 Å². The molecule has 2 unspecified atom stereocenters. The maximum atomic E-state index is 12.7. The zero-order chi connectivity index (χ0) is 55.2. The quantitative estimate of drug-likeness (QED) is 0.0264. The predicted molar refractivity (Wildman–Crippen MR) is 325 cm³/mol. The first-order valence-electron chi connectivity index (χ1n) is 31.2. The van der Waals surface area contributed by atoms with Gasteiger partial charge in [-0.3, -0.25) is 18.6 Å². The van der Waals surface area contributed by atoms with Crippen LogP contribution in [0.3, 0.4) is 0 Å². The lowest BCUT2D eigenvalue weighted by molar-refractivity contribution is -0.161. The maximum Gasteiger partial charge on any atom is 0.472 e. The number of phosphoric ester groups is 1. The number of rotatable bonds is 58. The molecule has 438 valence electrons. The molecule has 0 rings (SSSR count). The Hall–Kier alpha value is -3.07. The normalized spacial score (nSPS) is 13.7. The third-order valence-corrected chi connectivity index (χ3v) is 14.2. The summed E-state index contributed by atoms with van der Waals surface area (Å²) >= 11 is 0. The number of unbranched alkanes of at least 4 members (excludes halogenated alkanes) is 29. The van der Waals surface area contributed by atoms with Crippen LogP contribution >= 0.6 is 7.82 Å². The van der Waals surface area contributed by atoms with E-state index < -0.39 is 26.5 Å². The monoisotopic (exact) mass is 1080 g/mol. The van der Waals surface area contributed by atoms with Gasteiger partial charge in [0, 0.05) is 19.4 Å². The summed E-state index contributed by atoms with van der Waals surface area (Å²) in [6.45, 7) is 3.63. The average Bonchev–Trinajstić information content (AvgIpc) is 3.41. The molecule has 10 heteroatoms. The summed E-state index contributed by atoms with van der Waals surface area (Å²) in [5.74, 6) is -0.832. The van der Waals surface area contributed by atoms with Gasteiger partial charge in [0.1, 0.15) is 6.61 Å². The summed E-state index contributed by atoms with van der Waals surface area (Å²) in [6, 6.07) is 0. The second kappa shape index (κ2) is 61.1. The largest absolute Gasteiger partial charge is 0.472 e. The molecule has 0 aliphatic carbocycles. The molecule has 0 spiro atoms. The van der Waals surface area contributed by atoms with E-state index in [1.165, 1.54) is 141 Å². The molecule has 0 fully saturated rings. The van der Waals surface area contributed by atoms with Crippen molar-refractivity contribution in [3.8, 4) is 0 Å². The lowest BCUT2D eigenvalue weighted by Gasteiger charge is -2.19. The lowest BCUT2D eigenvalue weighted by Crippen LogP contribution is -2.29. The molecule has 0 radical (unpaired) electrons. The number of ether oxygens (including phenoxy) is 2. The highest BCUT2D eigenvalue weighted by Crippen LogP contribution is 2.43. The molecule has 0 aliphatic heterocycles. The number of carbonyl (C=O) groups excluding carboxylic acids is 2. The fourth-order valence-corrected chi connectivity index (χ4v) is 9.38. The van der Waals surface area contributed by atoms with E-state index >= 15 is 0 Å². The SMILES string of the molecule is CC/C=C\C/C=C\C/C=C\C/C=C\C/C=C\C/C=C\C/C=C\CCCCCCCCCCCCCCCCCCCC(=O)OC(COC(=O)CCCCCCC/C=C\CCCCCCCCC)COP(=O)(O)OCCN. The molecule has 0 saturated carbocycles. The van der Waals surface area contributed by atoms with Crippen LogP contribution in [0.5, 0.6) is 0 Å². The third-order valence-electron chi connectivity index (χ3n) is 13.2. The highest BCUT2D eigenvalue weighted by Gasteiger charge is 2.26. The van der Waals surface area contributed by atoms with Crippen molar-refractivity contribution in [2.24, 2.45) is 5.73 Å². The van der Waals surface area contributed by atoms with Crippen molar-refractivity contribution in [3.05, 3.63) is 97.2 Å². The number of hydrogen-bond acceptors (Lipinski definition) is 8. The van der Waals surface area contributed by atoms with E-state index in [1.54, 1.807) is 0 Å². The number of hydrogen-bond donors (Lipinski definition) is 2. The van der Waals surface area contributed by atoms with Crippen LogP contribution in [0.15, 0.2) is 97.2 Å². The van der Waals surface area contributed by atoms with Crippen molar-refractivity contribution in [1.82, 2.24) is 0 Å². The van der Waals surface area contributed by atoms with E-state index in [0.29, 0.717) is 6.42 Å². The van der Waals surface area contributed by atoms with Crippen molar-refractivity contribution in [2.75, 3.05) is 26.4 Å². The standard InChI is InChI=1S/C66H116NO8P/c1-3-5-7-9-11-13-15-17-19-21-22-23-24-25-26-27-28-29-30-31-32-33-34-35-36-37-38-39-40-41-42-43-45-47-49-51-53-55-57-59-66(69)75-64(63-74-76(70,71)73-61-60-67)62-72-65(68)58-56-54-52-50-48-46-44-20-18-16-14-12-10-8-6-4-2/h5,7,11,13,17,19-20,22-23,25-26,28-29,31-32,44,64H,3-4,6,8-10,12,14-16,18,21,24,27,30,33-43,45-63,67H2,1-2H3,(H,70,71)/b7-5-,13-11-,19-17-,23-22-,26-25-,29-28-,32-31-,44-20-. The first-order valence-corrected chi connectivity index (χ1v) is 32.7. The molecule has 76 heavy (non-hydrogen) atoms. The Kier molecular flexibility index (Phi) is 58.7. The van der Waals surface area contributed by atoms with Gasteiger partial charge in [-0.15, -0.1) is 0 Å². The van der Waals surface area contributed by atoms with Gasteiger partial charge < -0.3 is 20.1 Å². The fraction of sp³-hybridized carbons (Fsp3) is 0.727. The first kappa shape index (κ1) is 72.9. The smallest absolute Gasteiger partial charge is 0.462 e. The summed E-state index contributed by atoms with van der Waals surface area (Å²) in [6.07, 6.45) is 82.0. The van der Waals surface area contributed by atoms with E-state index in [4.69, 9.17) is 24.3 Å². The van der Waals surface area contributed by atoms with Crippen molar-refractivity contribution in [2.45, 2.75) is 283 Å². The van der Waals surface area contributed by atoms with Crippen molar-refractivity contribution >= 4 is 19.8 Å². The Balaban J connectivity index is 3.86. The van der Waals surface area contributed by atoms with Gasteiger partial charge in [0.15, 0.2) is 6.10 Å². The molecule has 0 heterocycles. The second-order valence-corrected chi connectivity index (χ2v) is 22.0. The molecule has 0 aliphatic rings. The maximum absolute atomic E-state index is 12.7. The summed E-state index contributed by atoms with van der Waals surface area (Å²) in [5.41, 5.74) is 5.38. The topological polar surface area (TPSA) is 134 Å². The predicted octanol–water partition coefficient (Wildman–Crippen LogP) is 20.0. The van der Waals surface area contributed by atoms with Crippen LogP contribution in [-0.2, 0) is 32.7 Å². The molecule has 0 aromatic rings. The van der Waals surface area contributed by atoms with Gasteiger partial charge in [-0.25, -0.2) is 4.57 Å². The lowest BCUT2D eigenvalue weighted by atomic mass is 10.0. The molecule has 9 nitrogen and oxygen atoms in total. The summed E-state index contributed by atoms with van der Waals surface area (Å²) in [7, 11) is -4.39. The van der Waals surface area contributed by atoms with E-state index in [2.05, 4.69) is 111 Å². The Morgan fingerprint density at radius 2 is 0.724 bits per heavy atom. The Labute approximate surface area is 467 Å². The molecule has 0 aromatic carbocycles. The third kappa shape index (κ3) is 60.2. The molecule has 3 N–H and O–H groups in total. The molecule has 0 bridgehead atoms. The Bertz CT molecular complexity index is 1560. The number of esters is 2. The van der Waals surface area contributed by atoms with Gasteiger partial charge in [0.05, 0.1) is 13.2 Å². The first-order chi connectivity index (χ1) is 37.3. The van der Waals surface area contributed by atoms with Gasteiger partial charge in [-0.05, 0) is 96.3 Å². The number of nitrogens with two attached hydrogens (primary N) is 1. The number of phosphoric acid groups is 1. The summed E-state index contributed by atoms with van der Waals surface area (Å²) < 4.78 is 33.0. The Morgan fingerprint density at radius 1 is 0.408 bits per heavy atom. The van der Waals surface area contributed by atoms with Crippen LogP contribution in [-0.4, -0.2) is 49.3 Å². The van der Waals surface area contributed by atoms with Crippen molar-refractivity contribution in [3.63, 3.8) is 0 Å².